The van der Waals surface area contributed by atoms with Gasteiger partial charge in [-0.15, -0.1) is 0 Å². The van der Waals surface area contributed by atoms with Crippen molar-refractivity contribution in [2.24, 2.45) is 0 Å². The quantitative estimate of drug-likeness (QED) is 0.182. The highest BCUT2D eigenvalue weighted by Gasteiger charge is 2.52. The average Bonchev–Trinajstić information content (AvgIpc) is 3.89. The first-order valence-electron chi connectivity index (χ1n) is 19.0. The van der Waals surface area contributed by atoms with E-state index in [1.54, 1.807) is 0 Å². The lowest BCUT2D eigenvalue weighted by Gasteiger charge is -2.33. The highest BCUT2D eigenvalue weighted by atomic mass is 16.3. The third-order valence-corrected chi connectivity index (χ3v) is 12.1. The fourth-order valence-electron chi connectivity index (χ4n) is 9.96. The fourth-order valence-corrected chi connectivity index (χ4v) is 9.96. The summed E-state index contributed by atoms with van der Waals surface area (Å²) in [5.41, 5.74) is 17.3. The van der Waals surface area contributed by atoms with E-state index in [2.05, 4.69) is 199 Å². The number of hydrogen-bond acceptors (Lipinski definition) is 2. The molecule has 0 saturated carbocycles. The number of furan rings is 1. The monoisotopic (exact) mass is 699 g/mol. The highest BCUT2D eigenvalue weighted by Crippen LogP contribution is 2.65. The molecule has 2 aliphatic rings. The number of nitrogens with zero attached hydrogens (tertiary/aromatic N) is 1. The lowest BCUT2D eigenvalue weighted by molar-refractivity contribution is 0.670. The van der Waals surface area contributed by atoms with Crippen LogP contribution in [-0.2, 0) is 5.41 Å². The molecule has 0 unspecified atom stereocenters. The van der Waals surface area contributed by atoms with Gasteiger partial charge in [0.15, 0.2) is 0 Å². The van der Waals surface area contributed by atoms with Crippen LogP contribution in [0.3, 0.4) is 0 Å². The summed E-state index contributed by atoms with van der Waals surface area (Å²) in [6, 6.07) is 73.2. The molecule has 1 heterocycles. The standard InChI is InChI=1S/C53H33NO/c1-2-18-35-34(16-1)17-13-31-47(35)54(48-30-11-6-21-38(48)40-24-14-25-41-39-22-7-12-33-50(39)55-52(40)41)49-32-15-29-46-51(49)42-23-5-10-28-45(42)53(46)43-26-8-3-19-36(43)37-20-4-9-27-44(37)53/h1-33H. The number of fused-ring (bicyclic) bond motifs is 14. The summed E-state index contributed by atoms with van der Waals surface area (Å²) in [6.07, 6.45) is 0. The summed E-state index contributed by atoms with van der Waals surface area (Å²) in [7, 11) is 0. The lowest BCUT2D eigenvalue weighted by Crippen LogP contribution is -2.26. The van der Waals surface area contributed by atoms with Crippen LogP contribution in [0.25, 0.3) is 66.1 Å². The maximum Gasteiger partial charge on any atom is 0.143 e. The second-order valence-corrected chi connectivity index (χ2v) is 14.7. The average molecular weight is 700 g/mol. The van der Waals surface area contributed by atoms with Crippen LogP contribution in [0, 0.1) is 0 Å². The molecule has 10 aromatic rings. The Morgan fingerprint density at radius 1 is 0.327 bits per heavy atom. The van der Waals surface area contributed by atoms with Gasteiger partial charge in [0.25, 0.3) is 0 Å². The van der Waals surface area contributed by atoms with E-state index in [0.717, 1.165) is 50.1 Å². The van der Waals surface area contributed by atoms with Crippen molar-refractivity contribution in [3.63, 3.8) is 0 Å². The van der Waals surface area contributed by atoms with Gasteiger partial charge in [0.2, 0.25) is 0 Å². The summed E-state index contributed by atoms with van der Waals surface area (Å²) in [5.74, 6) is 0. The van der Waals surface area contributed by atoms with Crippen molar-refractivity contribution in [3.8, 4) is 33.4 Å². The Hall–Kier alpha value is -7.16. The molecule has 9 aromatic carbocycles. The predicted molar refractivity (Wildman–Crippen MR) is 228 cm³/mol. The fraction of sp³-hybridized carbons (Fsp3) is 0.0189. The minimum absolute atomic E-state index is 0.445. The number of rotatable bonds is 4. The van der Waals surface area contributed by atoms with Crippen LogP contribution >= 0.6 is 0 Å². The first-order valence-corrected chi connectivity index (χ1v) is 19.0. The van der Waals surface area contributed by atoms with Gasteiger partial charge in [-0.3, -0.25) is 0 Å². The first kappa shape index (κ1) is 30.3. The van der Waals surface area contributed by atoms with Crippen LogP contribution in [0.5, 0.6) is 0 Å². The molecule has 256 valence electrons. The number of hydrogen-bond donors (Lipinski definition) is 0. The molecule has 0 saturated heterocycles. The van der Waals surface area contributed by atoms with Gasteiger partial charge in [0.1, 0.15) is 11.2 Å². The zero-order valence-electron chi connectivity index (χ0n) is 29.9. The van der Waals surface area contributed by atoms with Crippen LogP contribution < -0.4 is 4.90 Å². The molecule has 2 nitrogen and oxygen atoms in total. The van der Waals surface area contributed by atoms with Gasteiger partial charge in [-0.2, -0.15) is 0 Å². The van der Waals surface area contributed by atoms with Crippen LogP contribution in [0.2, 0.25) is 0 Å². The molecule has 0 N–H and O–H groups in total. The third kappa shape index (κ3) is 4.03. The molecule has 2 aliphatic carbocycles. The van der Waals surface area contributed by atoms with E-state index in [9.17, 15) is 0 Å². The zero-order valence-corrected chi connectivity index (χ0v) is 29.9. The molecule has 0 radical (unpaired) electrons. The smallest absolute Gasteiger partial charge is 0.143 e. The van der Waals surface area contributed by atoms with Gasteiger partial charge in [-0.05, 0) is 68.6 Å². The van der Waals surface area contributed by atoms with E-state index in [0.29, 0.717) is 0 Å². The molecule has 1 aromatic heterocycles. The number of anilines is 3. The Kier molecular flexibility index (Phi) is 6.29. The summed E-state index contributed by atoms with van der Waals surface area (Å²) >= 11 is 0. The second-order valence-electron chi connectivity index (χ2n) is 14.7. The molecule has 0 aliphatic heterocycles. The van der Waals surface area contributed by atoms with Crippen molar-refractivity contribution in [1.29, 1.82) is 0 Å². The van der Waals surface area contributed by atoms with Gasteiger partial charge in [-0.25, -0.2) is 0 Å². The molecule has 1 spiro atoms. The van der Waals surface area contributed by atoms with E-state index < -0.39 is 5.41 Å². The molecule has 2 heteroatoms. The van der Waals surface area contributed by atoms with E-state index in [1.165, 1.54) is 55.3 Å². The van der Waals surface area contributed by atoms with E-state index in [4.69, 9.17) is 4.42 Å². The molecule has 0 fully saturated rings. The van der Waals surface area contributed by atoms with E-state index in [-0.39, 0.29) is 0 Å². The topological polar surface area (TPSA) is 16.4 Å². The van der Waals surface area contributed by atoms with Gasteiger partial charge in [0.05, 0.1) is 22.5 Å². The predicted octanol–water partition coefficient (Wildman–Crippen LogP) is 14.2. The number of benzene rings is 9. The minimum Gasteiger partial charge on any atom is -0.455 e. The Morgan fingerprint density at radius 3 is 1.62 bits per heavy atom. The molecular weight excluding hydrogens is 667 g/mol. The van der Waals surface area contributed by atoms with Gasteiger partial charge in [-0.1, -0.05) is 176 Å². The molecule has 12 rings (SSSR count). The van der Waals surface area contributed by atoms with Gasteiger partial charge < -0.3 is 9.32 Å². The second kappa shape index (κ2) is 11.4. The maximum absolute atomic E-state index is 6.69. The van der Waals surface area contributed by atoms with Gasteiger partial charge >= 0.3 is 0 Å². The minimum atomic E-state index is -0.445. The lowest BCUT2D eigenvalue weighted by atomic mass is 9.70. The Morgan fingerprint density at radius 2 is 0.818 bits per heavy atom. The SMILES string of the molecule is c1ccc(N(c2cccc3c2-c2ccccc2C32c3ccccc3-c3ccccc32)c2cccc3ccccc23)c(-c2cccc3c2oc2ccccc23)c1. The van der Waals surface area contributed by atoms with Crippen LogP contribution in [-0.4, -0.2) is 0 Å². The third-order valence-electron chi connectivity index (χ3n) is 12.1. The summed E-state index contributed by atoms with van der Waals surface area (Å²) in [4.78, 5) is 2.51. The Bertz CT molecular complexity index is 3130. The molecule has 0 bridgehead atoms. The maximum atomic E-state index is 6.69. The summed E-state index contributed by atoms with van der Waals surface area (Å²) < 4.78 is 6.69. The molecule has 55 heavy (non-hydrogen) atoms. The molecule has 0 atom stereocenters. The van der Waals surface area contributed by atoms with Crippen LogP contribution in [0.1, 0.15) is 22.3 Å². The van der Waals surface area contributed by atoms with Crippen molar-refractivity contribution in [3.05, 3.63) is 222 Å². The van der Waals surface area contributed by atoms with Crippen molar-refractivity contribution in [2.75, 3.05) is 4.90 Å². The van der Waals surface area contributed by atoms with Crippen LogP contribution in [0.4, 0.5) is 17.1 Å². The summed E-state index contributed by atoms with van der Waals surface area (Å²) in [6.45, 7) is 0. The van der Waals surface area contributed by atoms with Crippen molar-refractivity contribution in [1.82, 2.24) is 0 Å². The zero-order chi connectivity index (χ0) is 36.1. The van der Waals surface area contributed by atoms with Crippen molar-refractivity contribution in [2.45, 2.75) is 5.41 Å². The van der Waals surface area contributed by atoms with E-state index in [1.807, 2.05) is 6.07 Å². The molecule has 0 amide bonds. The van der Waals surface area contributed by atoms with Gasteiger partial charge in [0, 0.05) is 32.8 Å². The Balaban J connectivity index is 1.20. The van der Waals surface area contributed by atoms with E-state index >= 15 is 0 Å². The van der Waals surface area contributed by atoms with Crippen molar-refractivity contribution < 1.29 is 4.42 Å². The highest BCUT2D eigenvalue weighted by molar-refractivity contribution is 6.12. The number of para-hydroxylation sites is 3. The normalized spacial score (nSPS) is 13.2. The first-order chi connectivity index (χ1) is 27.3. The summed E-state index contributed by atoms with van der Waals surface area (Å²) in [5, 5.41) is 4.64. The molecular formula is C53H33NO. The largest absolute Gasteiger partial charge is 0.455 e. The van der Waals surface area contributed by atoms with Crippen LogP contribution in [0.15, 0.2) is 205 Å². The van der Waals surface area contributed by atoms with Crippen molar-refractivity contribution >= 4 is 49.8 Å². The Labute approximate surface area is 319 Å².